The molecule has 102 valence electrons. The SMILES string of the molecule is CC(C)(C)CCOc1ccc(S(=O)(=O)Cl)cc1Br. The Morgan fingerprint density at radius 3 is 2.39 bits per heavy atom. The van der Waals surface area contributed by atoms with Gasteiger partial charge < -0.3 is 4.74 Å². The topological polar surface area (TPSA) is 43.4 Å². The minimum absolute atomic E-state index is 0.0548. The molecule has 1 rings (SSSR count). The molecule has 0 atom stereocenters. The lowest BCUT2D eigenvalue weighted by atomic mass is 9.93. The molecule has 0 N–H and O–H groups in total. The average Bonchev–Trinajstić information content (AvgIpc) is 2.17. The summed E-state index contributed by atoms with van der Waals surface area (Å²) in [6.45, 7) is 6.98. The van der Waals surface area contributed by atoms with Crippen LogP contribution in [0.25, 0.3) is 0 Å². The molecule has 0 aliphatic carbocycles. The molecule has 1 aromatic rings. The number of hydrogen-bond donors (Lipinski definition) is 0. The van der Waals surface area contributed by atoms with E-state index in [1.807, 2.05) is 0 Å². The summed E-state index contributed by atoms with van der Waals surface area (Å²) >= 11 is 3.27. The molecule has 0 bridgehead atoms. The maximum atomic E-state index is 11.1. The van der Waals surface area contributed by atoms with Crippen molar-refractivity contribution in [3.63, 3.8) is 0 Å². The second kappa shape index (κ2) is 5.80. The van der Waals surface area contributed by atoms with Crippen LogP contribution < -0.4 is 4.74 Å². The third kappa shape index (κ3) is 5.16. The third-order valence-electron chi connectivity index (χ3n) is 2.29. The highest BCUT2D eigenvalue weighted by Gasteiger charge is 2.14. The summed E-state index contributed by atoms with van der Waals surface area (Å²) in [4.78, 5) is 0.0548. The highest BCUT2D eigenvalue weighted by atomic mass is 79.9. The van der Waals surface area contributed by atoms with Gasteiger partial charge in [0, 0.05) is 10.7 Å². The Kier molecular flexibility index (Phi) is 5.09. The van der Waals surface area contributed by atoms with E-state index in [1.165, 1.54) is 12.1 Å². The van der Waals surface area contributed by atoms with E-state index >= 15 is 0 Å². The molecule has 0 amide bonds. The lowest BCUT2D eigenvalue weighted by molar-refractivity contribution is 0.242. The van der Waals surface area contributed by atoms with E-state index in [0.29, 0.717) is 16.8 Å². The van der Waals surface area contributed by atoms with Gasteiger partial charge in [0.15, 0.2) is 0 Å². The molecular weight excluding hydrogens is 340 g/mol. The second-order valence-electron chi connectivity index (χ2n) is 5.19. The number of ether oxygens (including phenoxy) is 1. The Labute approximate surface area is 121 Å². The first-order chi connectivity index (χ1) is 8.09. The lowest BCUT2D eigenvalue weighted by Gasteiger charge is -2.18. The molecule has 18 heavy (non-hydrogen) atoms. The molecule has 0 radical (unpaired) electrons. The van der Waals surface area contributed by atoms with Crippen molar-refractivity contribution in [2.24, 2.45) is 5.41 Å². The predicted molar refractivity (Wildman–Crippen MR) is 76.7 cm³/mol. The summed E-state index contributed by atoms with van der Waals surface area (Å²) in [5.74, 6) is 0.614. The smallest absolute Gasteiger partial charge is 0.261 e. The maximum Gasteiger partial charge on any atom is 0.261 e. The van der Waals surface area contributed by atoms with Crippen LogP contribution in [-0.2, 0) is 9.05 Å². The molecule has 0 aliphatic heterocycles. The largest absolute Gasteiger partial charge is 0.492 e. The first-order valence-electron chi connectivity index (χ1n) is 5.47. The van der Waals surface area contributed by atoms with E-state index < -0.39 is 9.05 Å². The Morgan fingerprint density at radius 1 is 1.33 bits per heavy atom. The number of rotatable bonds is 4. The van der Waals surface area contributed by atoms with E-state index in [-0.39, 0.29) is 10.3 Å². The Bertz CT molecular complexity index is 521. The number of halogens is 2. The van der Waals surface area contributed by atoms with Crippen molar-refractivity contribution in [1.29, 1.82) is 0 Å². The first kappa shape index (κ1) is 15.8. The first-order valence-corrected chi connectivity index (χ1v) is 8.57. The molecule has 0 saturated heterocycles. The van der Waals surface area contributed by atoms with Gasteiger partial charge in [-0.2, -0.15) is 0 Å². The summed E-state index contributed by atoms with van der Waals surface area (Å²) in [5, 5.41) is 0. The van der Waals surface area contributed by atoms with Crippen LogP contribution >= 0.6 is 26.6 Å². The monoisotopic (exact) mass is 354 g/mol. The molecule has 3 nitrogen and oxygen atoms in total. The Morgan fingerprint density at radius 2 is 1.94 bits per heavy atom. The molecule has 0 unspecified atom stereocenters. The molecule has 0 aliphatic rings. The van der Waals surface area contributed by atoms with Crippen molar-refractivity contribution in [3.05, 3.63) is 22.7 Å². The van der Waals surface area contributed by atoms with Gasteiger partial charge in [0.05, 0.1) is 16.0 Å². The standard InChI is InChI=1S/C12H16BrClO3S/c1-12(2,3)6-7-17-11-5-4-9(8-10(11)13)18(14,15)16/h4-5,8H,6-7H2,1-3H3. The van der Waals surface area contributed by atoms with E-state index in [0.717, 1.165) is 6.42 Å². The molecule has 6 heteroatoms. The van der Waals surface area contributed by atoms with Gasteiger partial charge in [0.2, 0.25) is 0 Å². The zero-order chi connectivity index (χ0) is 14.0. The Balaban J connectivity index is 2.75. The third-order valence-corrected chi connectivity index (χ3v) is 4.27. The van der Waals surface area contributed by atoms with Crippen molar-refractivity contribution in [3.8, 4) is 5.75 Å². The summed E-state index contributed by atoms with van der Waals surface area (Å²) in [6, 6.07) is 4.47. The molecular formula is C12H16BrClO3S. The van der Waals surface area contributed by atoms with Gasteiger partial charge in [0.1, 0.15) is 5.75 Å². The van der Waals surface area contributed by atoms with Crippen LogP contribution in [0.4, 0.5) is 0 Å². The van der Waals surface area contributed by atoms with Crippen LogP contribution in [0.3, 0.4) is 0 Å². The van der Waals surface area contributed by atoms with Gasteiger partial charge in [0.25, 0.3) is 9.05 Å². The summed E-state index contributed by atoms with van der Waals surface area (Å²) in [6.07, 6.45) is 0.912. The zero-order valence-corrected chi connectivity index (χ0v) is 13.7. The van der Waals surface area contributed by atoms with Gasteiger partial charge in [-0.25, -0.2) is 8.42 Å². The fourth-order valence-electron chi connectivity index (χ4n) is 1.22. The fraction of sp³-hybridized carbons (Fsp3) is 0.500. The summed E-state index contributed by atoms with van der Waals surface area (Å²) < 4.78 is 28.5. The molecule has 0 fully saturated rings. The zero-order valence-electron chi connectivity index (χ0n) is 10.5. The molecule has 0 aromatic heterocycles. The van der Waals surface area contributed by atoms with Crippen LogP contribution in [0.2, 0.25) is 0 Å². The van der Waals surface area contributed by atoms with Gasteiger partial charge in [-0.3, -0.25) is 0 Å². The van der Waals surface area contributed by atoms with Gasteiger partial charge in [-0.1, -0.05) is 20.8 Å². The van der Waals surface area contributed by atoms with Crippen LogP contribution in [0.5, 0.6) is 5.75 Å². The molecule has 0 heterocycles. The minimum atomic E-state index is -3.70. The predicted octanol–water partition coefficient (Wildman–Crippen LogP) is 4.19. The van der Waals surface area contributed by atoms with Crippen LogP contribution in [0, 0.1) is 5.41 Å². The van der Waals surface area contributed by atoms with Crippen molar-refractivity contribution in [2.45, 2.75) is 32.1 Å². The fourth-order valence-corrected chi connectivity index (χ4v) is 2.64. The average molecular weight is 356 g/mol. The van der Waals surface area contributed by atoms with Gasteiger partial charge in [-0.15, -0.1) is 0 Å². The van der Waals surface area contributed by atoms with Crippen LogP contribution in [-0.4, -0.2) is 15.0 Å². The molecule has 1 aromatic carbocycles. The molecule has 0 saturated carbocycles. The normalized spacial score (nSPS) is 12.5. The number of benzene rings is 1. The summed E-state index contributed by atoms with van der Waals surface area (Å²) in [5.41, 5.74) is 0.200. The Hall–Kier alpha value is -0.260. The van der Waals surface area contributed by atoms with Gasteiger partial charge in [-0.05, 0) is 46.0 Å². The van der Waals surface area contributed by atoms with Crippen molar-refractivity contribution < 1.29 is 13.2 Å². The van der Waals surface area contributed by atoms with Crippen molar-refractivity contribution in [1.82, 2.24) is 0 Å². The highest BCUT2D eigenvalue weighted by Crippen LogP contribution is 2.30. The lowest BCUT2D eigenvalue weighted by Crippen LogP contribution is -2.11. The summed E-state index contributed by atoms with van der Waals surface area (Å²) in [7, 11) is 1.56. The van der Waals surface area contributed by atoms with E-state index in [4.69, 9.17) is 15.4 Å². The minimum Gasteiger partial charge on any atom is -0.492 e. The van der Waals surface area contributed by atoms with Crippen LogP contribution in [0.1, 0.15) is 27.2 Å². The van der Waals surface area contributed by atoms with Crippen molar-refractivity contribution in [2.75, 3.05) is 6.61 Å². The van der Waals surface area contributed by atoms with E-state index in [2.05, 4.69) is 36.7 Å². The quantitative estimate of drug-likeness (QED) is 0.761. The number of hydrogen-bond acceptors (Lipinski definition) is 3. The van der Waals surface area contributed by atoms with Gasteiger partial charge >= 0.3 is 0 Å². The van der Waals surface area contributed by atoms with Crippen molar-refractivity contribution >= 4 is 35.7 Å². The maximum absolute atomic E-state index is 11.1. The highest BCUT2D eigenvalue weighted by molar-refractivity contribution is 9.10. The molecule has 0 spiro atoms. The van der Waals surface area contributed by atoms with Crippen LogP contribution in [0.15, 0.2) is 27.6 Å². The second-order valence-corrected chi connectivity index (χ2v) is 8.61. The van der Waals surface area contributed by atoms with E-state index in [9.17, 15) is 8.42 Å². The van der Waals surface area contributed by atoms with E-state index in [1.54, 1.807) is 6.07 Å².